The molecule has 0 radical (unpaired) electrons. The van der Waals surface area contributed by atoms with Crippen LogP contribution in [0.2, 0.25) is 0 Å². The van der Waals surface area contributed by atoms with Crippen LogP contribution in [0.25, 0.3) is 0 Å². The third kappa shape index (κ3) is 3.88. The number of amides is 1. The van der Waals surface area contributed by atoms with Crippen molar-refractivity contribution >= 4 is 21.7 Å². The summed E-state index contributed by atoms with van der Waals surface area (Å²) in [5.74, 6) is -2.01. The molecule has 1 aliphatic rings. The maximum atomic E-state index is 13.8. The number of carbonyl (C=O) groups is 1. The number of carbonyl (C=O) groups excluding carboxylic acids is 1. The van der Waals surface area contributed by atoms with Crippen molar-refractivity contribution in [3.63, 3.8) is 0 Å². The number of halogens is 2. The molecule has 1 N–H and O–H groups in total. The van der Waals surface area contributed by atoms with Crippen molar-refractivity contribution in [1.29, 1.82) is 0 Å². The van der Waals surface area contributed by atoms with Crippen molar-refractivity contribution in [2.75, 3.05) is 18.4 Å². The first kappa shape index (κ1) is 18.4. The molecule has 0 bridgehead atoms. The predicted molar refractivity (Wildman–Crippen MR) is 90.7 cm³/mol. The van der Waals surface area contributed by atoms with Crippen LogP contribution < -0.4 is 5.32 Å². The summed E-state index contributed by atoms with van der Waals surface area (Å²) in [7, 11) is -4.15. The lowest BCUT2D eigenvalue weighted by Crippen LogP contribution is -2.41. The predicted octanol–water partition coefficient (Wildman–Crippen LogP) is 2.40. The zero-order valence-corrected chi connectivity index (χ0v) is 14.5. The standard InChI is InChI=1S/C17H17F2N3O3S/c18-13-4-5-14(19)15(11-13)26(24,25)22-9-6-12(7-10-22)17(23)21-16-3-1-2-8-20-16/h1-5,8,11-12H,6-7,9-10H2,(H,20,21,23). The molecule has 0 unspecified atom stereocenters. The van der Waals surface area contributed by atoms with Crippen LogP contribution >= 0.6 is 0 Å². The van der Waals surface area contributed by atoms with Gasteiger partial charge < -0.3 is 5.32 Å². The molecule has 1 aromatic heterocycles. The van der Waals surface area contributed by atoms with Gasteiger partial charge in [-0.2, -0.15) is 4.31 Å². The van der Waals surface area contributed by atoms with E-state index in [-0.39, 0.29) is 37.8 Å². The number of nitrogens with zero attached hydrogens (tertiary/aromatic N) is 2. The first-order valence-electron chi connectivity index (χ1n) is 8.05. The third-order valence-electron chi connectivity index (χ3n) is 4.25. The minimum atomic E-state index is -4.15. The number of benzene rings is 1. The van der Waals surface area contributed by atoms with Gasteiger partial charge in [-0.25, -0.2) is 22.2 Å². The SMILES string of the molecule is O=C(Nc1ccccn1)C1CCN(S(=O)(=O)c2cc(F)ccc2F)CC1. The van der Waals surface area contributed by atoms with Gasteiger partial charge in [0.2, 0.25) is 15.9 Å². The Morgan fingerprint density at radius 1 is 1.15 bits per heavy atom. The first-order valence-corrected chi connectivity index (χ1v) is 9.49. The summed E-state index contributed by atoms with van der Waals surface area (Å²) in [6.07, 6.45) is 2.13. The molecule has 1 aromatic carbocycles. The van der Waals surface area contributed by atoms with Crippen LogP contribution in [0.4, 0.5) is 14.6 Å². The fourth-order valence-corrected chi connectivity index (χ4v) is 4.38. The van der Waals surface area contributed by atoms with E-state index in [1.54, 1.807) is 24.4 Å². The van der Waals surface area contributed by atoms with Crippen LogP contribution in [0.3, 0.4) is 0 Å². The highest BCUT2D eigenvalue weighted by atomic mass is 32.2. The number of anilines is 1. The van der Waals surface area contributed by atoms with E-state index in [0.29, 0.717) is 11.9 Å². The van der Waals surface area contributed by atoms with Gasteiger partial charge in [0.25, 0.3) is 0 Å². The van der Waals surface area contributed by atoms with Crippen LogP contribution in [-0.2, 0) is 14.8 Å². The normalized spacial score (nSPS) is 16.4. The Hall–Kier alpha value is -2.39. The molecule has 1 amide bonds. The van der Waals surface area contributed by atoms with Gasteiger partial charge in [-0.1, -0.05) is 6.07 Å². The smallest absolute Gasteiger partial charge is 0.246 e. The van der Waals surface area contributed by atoms with Gasteiger partial charge in [0.15, 0.2) is 0 Å². The largest absolute Gasteiger partial charge is 0.310 e. The molecule has 0 atom stereocenters. The number of hydrogen-bond donors (Lipinski definition) is 1. The fourth-order valence-electron chi connectivity index (χ4n) is 2.84. The summed E-state index contributed by atoms with van der Waals surface area (Å²) in [4.78, 5) is 15.6. The summed E-state index contributed by atoms with van der Waals surface area (Å²) in [5, 5.41) is 2.69. The zero-order chi connectivity index (χ0) is 18.7. The summed E-state index contributed by atoms with van der Waals surface area (Å²) in [6, 6.07) is 7.45. The second kappa shape index (κ2) is 7.46. The van der Waals surface area contributed by atoms with Gasteiger partial charge in [0.1, 0.15) is 22.3 Å². The molecule has 138 valence electrons. The molecular weight excluding hydrogens is 364 g/mol. The van der Waals surface area contributed by atoms with Gasteiger partial charge in [-0.3, -0.25) is 4.79 Å². The minimum absolute atomic E-state index is 0.0542. The van der Waals surface area contributed by atoms with E-state index >= 15 is 0 Å². The van der Waals surface area contributed by atoms with E-state index in [1.807, 2.05) is 0 Å². The van der Waals surface area contributed by atoms with Crippen LogP contribution in [0.15, 0.2) is 47.5 Å². The highest BCUT2D eigenvalue weighted by molar-refractivity contribution is 7.89. The first-order chi connectivity index (χ1) is 12.4. The number of nitrogens with one attached hydrogen (secondary N) is 1. The van der Waals surface area contributed by atoms with Gasteiger partial charge >= 0.3 is 0 Å². The maximum absolute atomic E-state index is 13.8. The fraction of sp³-hybridized carbons (Fsp3) is 0.294. The molecule has 6 nitrogen and oxygen atoms in total. The molecule has 1 aliphatic heterocycles. The van der Waals surface area contributed by atoms with E-state index in [1.165, 1.54) is 0 Å². The Labute approximate surface area is 149 Å². The molecule has 2 aromatic rings. The molecule has 2 heterocycles. The molecule has 3 rings (SSSR count). The minimum Gasteiger partial charge on any atom is -0.310 e. The van der Waals surface area contributed by atoms with E-state index < -0.39 is 26.6 Å². The molecule has 1 fully saturated rings. The molecule has 0 saturated carbocycles. The molecule has 1 saturated heterocycles. The quantitative estimate of drug-likeness (QED) is 0.882. The zero-order valence-electron chi connectivity index (χ0n) is 13.7. The highest BCUT2D eigenvalue weighted by Crippen LogP contribution is 2.26. The monoisotopic (exact) mass is 381 g/mol. The van der Waals surface area contributed by atoms with E-state index in [2.05, 4.69) is 10.3 Å². The third-order valence-corrected chi connectivity index (χ3v) is 6.17. The average molecular weight is 381 g/mol. The van der Waals surface area contributed by atoms with Crippen LogP contribution in [0.1, 0.15) is 12.8 Å². The Kier molecular flexibility index (Phi) is 5.28. The second-order valence-corrected chi connectivity index (χ2v) is 7.86. The highest BCUT2D eigenvalue weighted by Gasteiger charge is 2.33. The molecule has 9 heteroatoms. The molecule has 0 aliphatic carbocycles. The number of piperidine rings is 1. The Morgan fingerprint density at radius 3 is 2.54 bits per heavy atom. The number of hydrogen-bond acceptors (Lipinski definition) is 4. The van der Waals surface area contributed by atoms with Gasteiger partial charge in [0, 0.05) is 25.2 Å². The molecule has 0 spiro atoms. The maximum Gasteiger partial charge on any atom is 0.246 e. The second-order valence-electron chi connectivity index (χ2n) is 5.96. The number of rotatable bonds is 4. The Balaban J connectivity index is 1.66. The van der Waals surface area contributed by atoms with E-state index in [4.69, 9.17) is 0 Å². The number of pyridine rings is 1. The Bertz CT molecular complexity index is 899. The summed E-state index contributed by atoms with van der Waals surface area (Å²) in [6.45, 7) is 0.108. The van der Waals surface area contributed by atoms with Crippen molar-refractivity contribution in [3.05, 3.63) is 54.2 Å². The lowest BCUT2D eigenvalue weighted by molar-refractivity contribution is -0.120. The van der Waals surface area contributed by atoms with Crippen LogP contribution in [0.5, 0.6) is 0 Å². The summed E-state index contributed by atoms with van der Waals surface area (Å²) >= 11 is 0. The van der Waals surface area contributed by atoms with Crippen molar-refractivity contribution in [3.8, 4) is 0 Å². The van der Waals surface area contributed by atoms with Gasteiger partial charge in [-0.15, -0.1) is 0 Å². The molecular formula is C17H17F2N3O3S. The van der Waals surface area contributed by atoms with Crippen molar-refractivity contribution < 1.29 is 22.0 Å². The summed E-state index contributed by atoms with van der Waals surface area (Å²) < 4.78 is 53.3. The lowest BCUT2D eigenvalue weighted by Gasteiger charge is -2.30. The number of aromatic nitrogens is 1. The van der Waals surface area contributed by atoms with Crippen LogP contribution in [0, 0.1) is 17.6 Å². The molecule has 26 heavy (non-hydrogen) atoms. The lowest BCUT2D eigenvalue weighted by atomic mass is 9.97. The van der Waals surface area contributed by atoms with Crippen molar-refractivity contribution in [1.82, 2.24) is 9.29 Å². The Morgan fingerprint density at radius 2 is 1.88 bits per heavy atom. The van der Waals surface area contributed by atoms with Gasteiger partial charge in [0.05, 0.1) is 0 Å². The van der Waals surface area contributed by atoms with Crippen molar-refractivity contribution in [2.24, 2.45) is 5.92 Å². The van der Waals surface area contributed by atoms with Crippen LogP contribution in [-0.4, -0.2) is 36.7 Å². The average Bonchev–Trinajstić information content (AvgIpc) is 2.64. The number of sulfonamides is 1. The van der Waals surface area contributed by atoms with E-state index in [0.717, 1.165) is 16.4 Å². The summed E-state index contributed by atoms with van der Waals surface area (Å²) in [5.41, 5.74) is 0. The van der Waals surface area contributed by atoms with E-state index in [9.17, 15) is 22.0 Å². The van der Waals surface area contributed by atoms with Gasteiger partial charge in [-0.05, 0) is 43.2 Å². The topological polar surface area (TPSA) is 79.4 Å². The van der Waals surface area contributed by atoms with Crippen molar-refractivity contribution in [2.45, 2.75) is 17.7 Å².